The summed E-state index contributed by atoms with van der Waals surface area (Å²) < 4.78 is 0. The van der Waals surface area contributed by atoms with Gasteiger partial charge in [0.15, 0.2) is 0 Å². The predicted molar refractivity (Wildman–Crippen MR) is 28.1 cm³/mol. The molecule has 0 spiro atoms. The van der Waals surface area contributed by atoms with Crippen LogP contribution in [-0.2, 0) is 0 Å². The molecular formula is C6H6Cl2Na2O. The molecule has 1 rings (SSSR count). The van der Waals surface area contributed by atoms with E-state index in [0.717, 1.165) is 0 Å². The predicted octanol–water partition coefficient (Wildman–Crippen LogP) is -10.6. The van der Waals surface area contributed by atoms with Crippen LogP contribution in [-0.4, -0.2) is 5.11 Å². The molecule has 0 aliphatic carbocycles. The van der Waals surface area contributed by atoms with Gasteiger partial charge in [-0.2, -0.15) is 0 Å². The van der Waals surface area contributed by atoms with Crippen LogP contribution >= 0.6 is 0 Å². The van der Waals surface area contributed by atoms with Crippen LogP contribution in [0.5, 0.6) is 5.75 Å². The van der Waals surface area contributed by atoms with Crippen molar-refractivity contribution in [1.29, 1.82) is 0 Å². The molecule has 0 fully saturated rings. The van der Waals surface area contributed by atoms with Crippen LogP contribution in [0.1, 0.15) is 0 Å². The van der Waals surface area contributed by atoms with Gasteiger partial charge in [-0.05, 0) is 12.1 Å². The Morgan fingerprint density at radius 1 is 0.818 bits per heavy atom. The van der Waals surface area contributed by atoms with Crippen molar-refractivity contribution in [3.05, 3.63) is 30.3 Å². The zero-order chi connectivity index (χ0) is 5.11. The minimum absolute atomic E-state index is 0. The van der Waals surface area contributed by atoms with Crippen molar-refractivity contribution in [1.82, 2.24) is 0 Å². The molecule has 1 aromatic rings. The molecule has 0 saturated carbocycles. The Balaban J connectivity index is -0.0000000612. The maximum atomic E-state index is 8.63. The number of benzene rings is 1. The van der Waals surface area contributed by atoms with E-state index in [0.29, 0.717) is 5.75 Å². The van der Waals surface area contributed by atoms with E-state index in [1.807, 2.05) is 6.07 Å². The topological polar surface area (TPSA) is 20.2 Å². The Bertz CT molecular complexity index is 149. The molecule has 52 valence electrons. The van der Waals surface area contributed by atoms with E-state index >= 15 is 0 Å². The minimum Gasteiger partial charge on any atom is -1.00 e. The Morgan fingerprint density at radius 3 is 1.36 bits per heavy atom. The molecule has 0 amide bonds. The van der Waals surface area contributed by atoms with E-state index < -0.39 is 0 Å². The number of phenols is 1. The van der Waals surface area contributed by atoms with Gasteiger partial charge in [-0.25, -0.2) is 0 Å². The summed E-state index contributed by atoms with van der Waals surface area (Å²) in [6.07, 6.45) is 0. The molecule has 0 heterocycles. The molecule has 1 nitrogen and oxygen atoms in total. The zero-order valence-corrected chi connectivity index (χ0v) is 12.1. The maximum absolute atomic E-state index is 8.63. The monoisotopic (exact) mass is 210 g/mol. The summed E-state index contributed by atoms with van der Waals surface area (Å²) in [5.41, 5.74) is 0. The van der Waals surface area contributed by atoms with Gasteiger partial charge in [0.2, 0.25) is 0 Å². The fraction of sp³-hybridized carbons (Fsp3) is 0. The van der Waals surface area contributed by atoms with Crippen LogP contribution in [0.25, 0.3) is 0 Å². The maximum Gasteiger partial charge on any atom is 1.00 e. The third-order valence-corrected chi connectivity index (χ3v) is 0.756. The van der Waals surface area contributed by atoms with E-state index in [1.165, 1.54) is 0 Å². The molecule has 11 heavy (non-hydrogen) atoms. The quantitative estimate of drug-likeness (QED) is 0.422. The number of hydrogen-bond acceptors (Lipinski definition) is 1. The molecule has 0 aromatic heterocycles. The average molecular weight is 211 g/mol. The van der Waals surface area contributed by atoms with Crippen LogP contribution in [0.15, 0.2) is 30.3 Å². The fourth-order valence-electron chi connectivity index (χ4n) is 0.428. The third-order valence-electron chi connectivity index (χ3n) is 0.756. The summed E-state index contributed by atoms with van der Waals surface area (Å²) >= 11 is 0. The van der Waals surface area contributed by atoms with Gasteiger partial charge in [-0.3, -0.25) is 0 Å². The first kappa shape index (κ1) is 22.9. The summed E-state index contributed by atoms with van der Waals surface area (Å²) in [7, 11) is 0. The zero-order valence-electron chi connectivity index (χ0n) is 6.59. The molecule has 0 aliphatic heterocycles. The smallest absolute Gasteiger partial charge is 1.00 e. The Hall–Kier alpha value is 1.60. The Kier molecular flexibility index (Phi) is 29.5. The number of hydrogen-bond donors (Lipinski definition) is 1. The summed E-state index contributed by atoms with van der Waals surface area (Å²) in [6, 6.07) is 8.71. The molecule has 1 N–H and O–H groups in total. The van der Waals surface area contributed by atoms with Crippen LogP contribution in [0.2, 0.25) is 0 Å². The van der Waals surface area contributed by atoms with Gasteiger partial charge in [-0.1, -0.05) is 18.2 Å². The van der Waals surface area contributed by atoms with E-state index in [2.05, 4.69) is 0 Å². The standard InChI is InChI=1S/C6H6O.2ClH.2Na/c7-6-4-2-1-3-5-6;;;;/h1-5,7H;2*1H;;/q;;;2*+1/p-2. The molecule has 1 aromatic carbocycles. The van der Waals surface area contributed by atoms with Crippen LogP contribution in [0.4, 0.5) is 0 Å². The van der Waals surface area contributed by atoms with Crippen LogP contribution in [0, 0.1) is 0 Å². The third kappa shape index (κ3) is 11.6. The van der Waals surface area contributed by atoms with Crippen LogP contribution < -0.4 is 83.9 Å². The first-order valence-electron chi connectivity index (χ1n) is 2.13. The second kappa shape index (κ2) is 14.1. The summed E-state index contributed by atoms with van der Waals surface area (Å²) in [5, 5.41) is 8.63. The van der Waals surface area contributed by atoms with E-state index in [-0.39, 0.29) is 83.9 Å². The van der Waals surface area contributed by atoms with Crippen molar-refractivity contribution in [3.8, 4) is 5.75 Å². The second-order valence-corrected chi connectivity index (χ2v) is 1.34. The molecule has 0 unspecified atom stereocenters. The largest absolute Gasteiger partial charge is 1.00 e. The SMILES string of the molecule is Oc1ccccc1.[Cl-].[Cl-].[Na+].[Na+]. The average Bonchev–Trinajstić information content (AvgIpc) is 1.69. The van der Waals surface area contributed by atoms with E-state index in [9.17, 15) is 0 Å². The molecule has 0 radical (unpaired) electrons. The minimum atomic E-state index is 0. The van der Waals surface area contributed by atoms with Crippen molar-refractivity contribution in [2.75, 3.05) is 0 Å². The number of rotatable bonds is 0. The number of halogens is 2. The van der Waals surface area contributed by atoms with Crippen LogP contribution in [0.3, 0.4) is 0 Å². The second-order valence-electron chi connectivity index (χ2n) is 1.34. The van der Waals surface area contributed by atoms with Gasteiger partial charge in [0.25, 0.3) is 0 Å². The van der Waals surface area contributed by atoms with Crippen molar-refractivity contribution in [3.63, 3.8) is 0 Å². The van der Waals surface area contributed by atoms with Crippen molar-refractivity contribution < 1.29 is 89.0 Å². The molecule has 5 heteroatoms. The van der Waals surface area contributed by atoms with Crippen molar-refractivity contribution >= 4 is 0 Å². The first-order valence-corrected chi connectivity index (χ1v) is 2.13. The van der Waals surface area contributed by atoms with Crippen molar-refractivity contribution in [2.24, 2.45) is 0 Å². The van der Waals surface area contributed by atoms with Gasteiger partial charge in [0.1, 0.15) is 5.75 Å². The summed E-state index contributed by atoms with van der Waals surface area (Å²) in [4.78, 5) is 0. The summed E-state index contributed by atoms with van der Waals surface area (Å²) in [5.74, 6) is 0.322. The van der Waals surface area contributed by atoms with E-state index in [4.69, 9.17) is 5.11 Å². The van der Waals surface area contributed by atoms with Gasteiger partial charge >= 0.3 is 59.1 Å². The normalized spacial score (nSPS) is 5.45. The Morgan fingerprint density at radius 2 is 1.18 bits per heavy atom. The van der Waals surface area contributed by atoms with Crippen molar-refractivity contribution in [2.45, 2.75) is 0 Å². The van der Waals surface area contributed by atoms with Gasteiger partial charge in [0, 0.05) is 0 Å². The first-order chi connectivity index (χ1) is 3.39. The van der Waals surface area contributed by atoms with Gasteiger partial charge < -0.3 is 29.9 Å². The summed E-state index contributed by atoms with van der Waals surface area (Å²) in [6.45, 7) is 0. The fourth-order valence-corrected chi connectivity index (χ4v) is 0.428. The molecule has 0 saturated heterocycles. The molecule has 0 atom stereocenters. The number of aromatic hydroxyl groups is 1. The Labute approximate surface area is 123 Å². The van der Waals surface area contributed by atoms with E-state index in [1.54, 1.807) is 24.3 Å². The molecular weight excluding hydrogens is 205 g/mol. The van der Waals surface area contributed by atoms with Gasteiger partial charge in [0.05, 0.1) is 0 Å². The van der Waals surface area contributed by atoms with Gasteiger partial charge in [-0.15, -0.1) is 0 Å². The number of para-hydroxylation sites is 1. The molecule has 0 bridgehead atoms. The number of phenolic OH excluding ortho intramolecular Hbond substituents is 1. The molecule has 0 aliphatic rings.